The molecule has 0 bridgehead atoms. The van der Waals surface area contributed by atoms with Crippen molar-refractivity contribution in [3.8, 4) is 11.3 Å². The molecule has 118 valence electrons. The van der Waals surface area contributed by atoms with Gasteiger partial charge in [-0.15, -0.1) is 0 Å². The fraction of sp³-hybridized carbons (Fsp3) is 0.278. The average molecular weight is 310 g/mol. The molecule has 1 fully saturated rings. The third kappa shape index (κ3) is 2.80. The summed E-state index contributed by atoms with van der Waals surface area (Å²) in [5, 5.41) is 0.878. The van der Waals surface area contributed by atoms with Gasteiger partial charge in [-0.2, -0.15) is 0 Å². The van der Waals surface area contributed by atoms with E-state index in [1.54, 1.807) is 12.1 Å². The molecular weight excluding hydrogens is 291 g/mol. The maximum Gasteiger partial charge on any atom is 0.128 e. The fourth-order valence-corrected chi connectivity index (χ4v) is 3.03. The van der Waals surface area contributed by atoms with Crippen molar-refractivity contribution in [3.05, 3.63) is 48.4 Å². The Hall–Kier alpha value is -2.40. The van der Waals surface area contributed by atoms with Crippen molar-refractivity contribution in [3.63, 3.8) is 0 Å². The second-order valence-electron chi connectivity index (χ2n) is 6.11. The monoisotopic (exact) mass is 310 g/mol. The van der Waals surface area contributed by atoms with Crippen LogP contribution in [0.5, 0.6) is 0 Å². The lowest BCUT2D eigenvalue weighted by atomic mass is 10.2. The highest BCUT2D eigenvalue weighted by Crippen LogP contribution is 2.25. The molecule has 0 spiro atoms. The first-order valence-electron chi connectivity index (χ1n) is 7.87. The Morgan fingerprint density at radius 3 is 2.61 bits per heavy atom. The van der Waals surface area contributed by atoms with Gasteiger partial charge in [-0.25, -0.2) is 9.37 Å². The van der Waals surface area contributed by atoms with Crippen LogP contribution < -0.4 is 4.90 Å². The second kappa shape index (κ2) is 5.66. The lowest BCUT2D eigenvalue weighted by molar-refractivity contribution is 0.312. The molecular formula is C18H19FN4. The number of fused-ring (bicyclic) bond motifs is 1. The van der Waals surface area contributed by atoms with Crippen molar-refractivity contribution >= 4 is 16.7 Å². The summed E-state index contributed by atoms with van der Waals surface area (Å²) in [5.41, 5.74) is 2.91. The standard InChI is InChI=1S/C18H19FN4/c1-22-6-8-23(9-7-22)18-5-2-13(12-20-18)17-11-14-10-15(19)3-4-16(14)21-17/h2-5,10-12,21H,6-9H2,1H3. The Bertz CT molecular complexity index is 817. The van der Waals surface area contributed by atoms with E-state index >= 15 is 0 Å². The molecule has 3 heterocycles. The summed E-state index contributed by atoms with van der Waals surface area (Å²) in [6.45, 7) is 4.15. The van der Waals surface area contributed by atoms with Crippen molar-refractivity contribution < 1.29 is 4.39 Å². The lowest BCUT2D eigenvalue weighted by Crippen LogP contribution is -2.44. The smallest absolute Gasteiger partial charge is 0.128 e. The Balaban J connectivity index is 1.59. The Labute approximate surface area is 134 Å². The van der Waals surface area contributed by atoms with Gasteiger partial charge in [-0.05, 0) is 43.4 Å². The van der Waals surface area contributed by atoms with Crippen LogP contribution in [-0.4, -0.2) is 48.1 Å². The molecule has 3 aromatic rings. The number of benzene rings is 1. The van der Waals surface area contributed by atoms with E-state index in [0.29, 0.717) is 0 Å². The zero-order chi connectivity index (χ0) is 15.8. The first kappa shape index (κ1) is 14.2. The van der Waals surface area contributed by atoms with E-state index in [9.17, 15) is 4.39 Å². The number of hydrogen-bond donors (Lipinski definition) is 1. The first-order chi connectivity index (χ1) is 11.2. The highest BCUT2D eigenvalue weighted by Gasteiger charge is 2.15. The van der Waals surface area contributed by atoms with Gasteiger partial charge in [0, 0.05) is 54.5 Å². The second-order valence-corrected chi connectivity index (χ2v) is 6.11. The van der Waals surface area contributed by atoms with Gasteiger partial charge < -0.3 is 14.8 Å². The molecule has 1 N–H and O–H groups in total. The van der Waals surface area contributed by atoms with Crippen molar-refractivity contribution in [2.75, 3.05) is 38.1 Å². The lowest BCUT2D eigenvalue weighted by Gasteiger charge is -2.33. The zero-order valence-electron chi connectivity index (χ0n) is 13.1. The summed E-state index contributed by atoms with van der Waals surface area (Å²) >= 11 is 0. The van der Waals surface area contributed by atoms with Crippen LogP contribution in [-0.2, 0) is 0 Å². The van der Waals surface area contributed by atoms with Gasteiger partial charge in [0.05, 0.1) is 0 Å². The van der Waals surface area contributed by atoms with Crippen LogP contribution in [0, 0.1) is 5.82 Å². The number of aromatic amines is 1. The largest absolute Gasteiger partial charge is 0.354 e. The van der Waals surface area contributed by atoms with Crippen molar-refractivity contribution in [2.45, 2.75) is 0 Å². The number of hydrogen-bond acceptors (Lipinski definition) is 3. The topological polar surface area (TPSA) is 35.2 Å². The van der Waals surface area contributed by atoms with Gasteiger partial charge in [-0.3, -0.25) is 0 Å². The minimum atomic E-state index is -0.216. The van der Waals surface area contributed by atoms with E-state index in [-0.39, 0.29) is 5.82 Å². The molecule has 0 unspecified atom stereocenters. The molecule has 0 saturated carbocycles. The number of anilines is 1. The van der Waals surface area contributed by atoms with E-state index in [0.717, 1.165) is 54.2 Å². The number of H-pyrrole nitrogens is 1. The molecule has 0 atom stereocenters. The molecule has 0 amide bonds. The van der Waals surface area contributed by atoms with E-state index in [2.05, 4.69) is 38.9 Å². The van der Waals surface area contributed by atoms with Crippen LogP contribution in [0.25, 0.3) is 22.2 Å². The Morgan fingerprint density at radius 1 is 1.04 bits per heavy atom. The quantitative estimate of drug-likeness (QED) is 0.790. The maximum atomic E-state index is 13.3. The number of piperazine rings is 1. The van der Waals surface area contributed by atoms with E-state index < -0.39 is 0 Å². The number of halogens is 1. The normalized spacial score (nSPS) is 16.2. The fourth-order valence-electron chi connectivity index (χ4n) is 3.03. The van der Waals surface area contributed by atoms with Crippen molar-refractivity contribution in [2.24, 2.45) is 0 Å². The molecule has 1 aliphatic heterocycles. The third-order valence-electron chi connectivity index (χ3n) is 4.47. The SMILES string of the molecule is CN1CCN(c2ccc(-c3cc4cc(F)ccc4[nH]3)cn2)CC1. The molecule has 4 rings (SSSR count). The molecule has 1 aromatic carbocycles. The Kier molecular flexibility index (Phi) is 3.50. The third-order valence-corrected chi connectivity index (χ3v) is 4.47. The summed E-state index contributed by atoms with van der Waals surface area (Å²) in [6, 6.07) is 10.9. The molecule has 4 nitrogen and oxygen atoms in total. The minimum absolute atomic E-state index is 0.216. The highest BCUT2D eigenvalue weighted by atomic mass is 19.1. The summed E-state index contributed by atoms with van der Waals surface area (Å²) in [6.07, 6.45) is 1.88. The van der Waals surface area contributed by atoms with Crippen LogP contribution in [0.15, 0.2) is 42.6 Å². The Morgan fingerprint density at radius 2 is 1.87 bits per heavy atom. The van der Waals surface area contributed by atoms with E-state index in [1.165, 1.54) is 6.07 Å². The minimum Gasteiger partial charge on any atom is -0.354 e. The molecule has 1 saturated heterocycles. The van der Waals surface area contributed by atoms with Crippen LogP contribution >= 0.6 is 0 Å². The van der Waals surface area contributed by atoms with Crippen LogP contribution in [0.4, 0.5) is 10.2 Å². The van der Waals surface area contributed by atoms with Crippen LogP contribution in [0.1, 0.15) is 0 Å². The van der Waals surface area contributed by atoms with Gasteiger partial charge in [-0.1, -0.05) is 0 Å². The summed E-state index contributed by atoms with van der Waals surface area (Å²) in [7, 11) is 2.15. The predicted octanol–water partition coefficient (Wildman–Crippen LogP) is 3.12. The highest BCUT2D eigenvalue weighted by molar-refractivity contribution is 5.85. The summed E-state index contributed by atoms with van der Waals surface area (Å²) in [5.74, 6) is 0.801. The van der Waals surface area contributed by atoms with E-state index in [4.69, 9.17) is 0 Å². The van der Waals surface area contributed by atoms with Crippen LogP contribution in [0.2, 0.25) is 0 Å². The molecule has 2 aromatic heterocycles. The summed E-state index contributed by atoms with van der Waals surface area (Å²) in [4.78, 5) is 12.6. The zero-order valence-corrected chi connectivity index (χ0v) is 13.1. The number of rotatable bonds is 2. The van der Waals surface area contributed by atoms with Gasteiger partial charge >= 0.3 is 0 Å². The first-order valence-corrected chi connectivity index (χ1v) is 7.87. The molecule has 5 heteroatoms. The van der Waals surface area contributed by atoms with Gasteiger partial charge in [0.25, 0.3) is 0 Å². The van der Waals surface area contributed by atoms with Gasteiger partial charge in [0.2, 0.25) is 0 Å². The maximum absolute atomic E-state index is 13.3. The number of aromatic nitrogens is 2. The van der Waals surface area contributed by atoms with Crippen molar-refractivity contribution in [1.29, 1.82) is 0 Å². The van der Waals surface area contributed by atoms with Crippen molar-refractivity contribution in [1.82, 2.24) is 14.9 Å². The summed E-state index contributed by atoms with van der Waals surface area (Å²) < 4.78 is 13.3. The van der Waals surface area contributed by atoms with E-state index in [1.807, 2.05) is 12.3 Å². The average Bonchev–Trinajstić information content (AvgIpc) is 2.99. The number of nitrogens with zero attached hydrogens (tertiary/aromatic N) is 3. The number of likely N-dealkylation sites (N-methyl/N-ethyl adjacent to an activating group) is 1. The number of pyridine rings is 1. The van der Waals surface area contributed by atoms with Crippen LogP contribution in [0.3, 0.4) is 0 Å². The predicted molar refractivity (Wildman–Crippen MR) is 91.2 cm³/mol. The number of nitrogens with one attached hydrogen (secondary N) is 1. The van der Waals surface area contributed by atoms with Gasteiger partial charge in [0.1, 0.15) is 11.6 Å². The molecule has 1 aliphatic rings. The molecule has 0 aliphatic carbocycles. The molecule has 0 radical (unpaired) electrons. The molecule has 23 heavy (non-hydrogen) atoms. The van der Waals surface area contributed by atoms with Gasteiger partial charge in [0.15, 0.2) is 0 Å².